The molecule has 1 atom stereocenters. The normalized spacial score (nSPS) is 11.5. The van der Waals surface area contributed by atoms with Gasteiger partial charge in [-0.1, -0.05) is 77.0 Å². The van der Waals surface area contributed by atoms with Crippen molar-refractivity contribution in [2.24, 2.45) is 0 Å². The summed E-state index contributed by atoms with van der Waals surface area (Å²) >= 11 is 13.3. The number of methoxy groups -OCH3 is 1. The SMILES string of the molecule is COc1cccc(-c2nnc(NC(=O)[C@@H](Cc3ccccc3)NC(=O)c3cc(Cl)cc(Cl)c3)s2)c1. The van der Waals surface area contributed by atoms with Crippen LogP contribution in [0.2, 0.25) is 10.0 Å². The molecule has 1 heterocycles. The predicted molar refractivity (Wildman–Crippen MR) is 138 cm³/mol. The smallest absolute Gasteiger partial charge is 0.252 e. The average Bonchev–Trinajstić information content (AvgIpc) is 3.32. The summed E-state index contributed by atoms with van der Waals surface area (Å²) in [6.45, 7) is 0. The summed E-state index contributed by atoms with van der Waals surface area (Å²) in [5, 5.41) is 15.4. The number of hydrogen-bond donors (Lipinski definition) is 2. The Morgan fingerprint density at radius 2 is 1.71 bits per heavy atom. The van der Waals surface area contributed by atoms with Crippen molar-refractivity contribution in [3.05, 3.63) is 94.0 Å². The topological polar surface area (TPSA) is 93.2 Å². The Kier molecular flexibility index (Phi) is 7.97. The van der Waals surface area contributed by atoms with Crippen LogP contribution in [0.3, 0.4) is 0 Å². The molecule has 4 aromatic rings. The lowest BCUT2D eigenvalue weighted by Gasteiger charge is -2.18. The molecule has 0 aliphatic carbocycles. The van der Waals surface area contributed by atoms with Crippen LogP contribution in [0.1, 0.15) is 15.9 Å². The van der Waals surface area contributed by atoms with E-state index in [4.69, 9.17) is 27.9 Å². The fourth-order valence-corrected chi connectivity index (χ4v) is 4.59. The van der Waals surface area contributed by atoms with Gasteiger partial charge in [-0.25, -0.2) is 0 Å². The molecule has 2 amide bonds. The molecular weight excluding hydrogens is 507 g/mol. The van der Waals surface area contributed by atoms with Gasteiger partial charge in [0.25, 0.3) is 5.91 Å². The molecule has 0 saturated carbocycles. The van der Waals surface area contributed by atoms with Gasteiger partial charge in [0.1, 0.15) is 16.8 Å². The van der Waals surface area contributed by atoms with Gasteiger partial charge in [0.15, 0.2) is 0 Å². The van der Waals surface area contributed by atoms with Crippen molar-refractivity contribution in [3.63, 3.8) is 0 Å². The molecule has 10 heteroatoms. The number of nitrogens with zero attached hydrogens (tertiary/aromatic N) is 2. The molecule has 0 saturated heterocycles. The van der Waals surface area contributed by atoms with Crippen LogP contribution >= 0.6 is 34.5 Å². The fraction of sp³-hybridized carbons (Fsp3) is 0.120. The zero-order valence-corrected chi connectivity index (χ0v) is 20.8. The summed E-state index contributed by atoms with van der Waals surface area (Å²) in [4.78, 5) is 26.1. The third-order valence-corrected chi connectivity index (χ3v) is 6.33. The molecule has 3 aromatic carbocycles. The van der Waals surface area contributed by atoms with E-state index in [1.165, 1.54) is 29.5 Å². The van der Waals surface area contributed by atoms with Crippen LogP contribution in [-0.4, -0.2) is 35.2 Å². The quantitative estimate of drug-likeness (QED) is 0.316. The molecule has 7 nitrogen and oxygen atoms in total. The first-order valence-corrected chi connectivity index (χ1v) is 12.1. The van der Waals surface area contributed by atoms with Crippen LogP contribution in [0, 0.1) is 0 Å². The molecule has 0 spiro atoms. The molecule has 4 rings (SSSR count). The summed E-state index contributed by atoms with van der Waals surface area (Å²) in [6, 6.07) is 20.4. The number of ether oxygens (including phenoxy) is 1. The predicted octanol–water partition coefficient (Wildman–Crippen LogP) is 5.50. The van der Waals surface area contributed by atoms with Crippen LogP contribution in [0.5, 0.6) is 5.75 Å². The Morgan fingerprint density at radius 1 is 0.971 bits per heavy atom. The lowest BCUT2D eigenvalue weighted by Crippen LogP contribution is -2.45. The third-order valence-electron chi connectivity index (χ3n) is 5.00. The van der Waals surface area contributed by atoms with Gasteiger partial charge >= 0.3 is 0 Å². The number of halogens is 2. The number of benzene rings is 3. The zero-order valence-electron chi connectivity index (χ0n) is 18.5. The second kappa shape index (κ2) is 11.3. The van der Waals surface area contributed by atoms with E-state index in [9.17, 15) is 9.59 Å². The third kappa shape index (κ3) is 6.57. The minimum Gasteiger partial charge on any atom is -0.497 e. The fourth-order valence-electron chi connectivity index (χ4n) is 3.32. The van der Waals surface area contributed by atoms with E-state index in [2.05, 4.69) is 20.8 Å². The molecule has 2 N–H and O–H groups in total. The van der Waals surface area contributed by atoms with Gasteiger partial charge < -0.3 is 10.1 Å². The highest BCUT2D eigenvalue weighted by Gasteiger charge is 2.24. The van der Waals surface area contributed by atoms with Crippen molar-refractivity contribution in [3.8, 4) is 16.3 Å². The number of anilines is 1. The monoisotopic (exact) mass is 526 g/mol. The lowest BCUT2D eigenvalue weighted by molar-refractivity contribution is -0.118. The highest BCUT2D eigenvalue weighted by Crippen LogP contribution is 2.29. The standard InChI is InChI=1S/C25H20Cl2N4O3S/c1-34-20-9-5-8-16(13-20)24-30-31-25(35-24)29-23(33)21(10-15-6-3-2-4-7-15)28-22(32)17-11-18(26)14-19(27)12-17/h2-9,11-14,21H,10H2,1H3,(H,28,32)(H,29,31,33)/t21-/m1/s1. The first-order chi connectivity index (χ1) is 16.9. The van der Waals surface area contributed by atoms with Gasteiger partial charge in [-0.15, -0.1) is 10.2 Å². The van der Waals surface area contributed by atoms with E-state index in [1.54, 1.807) is 7.11 Å². The number of rotatable bonds is 8. The van der Waals surface area contributed by atoms with Crippen molar-refractivity contribution in [1.82, 2.24) is 15.5 Å². The molecule has 35 heavy (non-hydrogen) atoms. The van der Waals surface area contributed by atoms with E-state index in [0.717, 1.165) is 11.1 Å². The first kappa shape index (κ1) is 24.7. The number of aromatic nitrogens is 2. The second-order valence-electron chi connectivity index (χ2n) is 7.51. The van der Waals surface area contributed by atoms with Crippen molar-refractivity contribution in [1.29, 1.82) is 0 Å². The molecule has 0 radical (unpaired) electrons. The summed E-state index contributed by atoms with van der Waals surface area (Å²) in [6.07, 6.45) is 0.272. The maximum Gasteiger partial charge on any atom is 0.252 e. The maximum atomic E-state index is 13.2. The van der Waals surface area contributed by atoms with Crippen molar-refractivity contribution in [2.45, 2.75) is 12.5 Å². The zero-order chi connectivity index (χ0) is 24.8. The molecule has 0 bridgehead atoms. The van der Waals surface area contributed by atoms with Gasteiger partial charge in [0, 0.05) is 27.6 Å². The van der Waals surface area contributed by atoms with Crippen LogP contribution in [0.4, 0.5) is 5.13 Å². The Balaban J connectivity index is 1.53. The minimum absolute atomic E-state index is 0.254. The van der Waals surface area contributed by atoms with E-state index >= 15 is 0 Å². The van der Waals surface area contributed by atoms with Crippen LogP contribution in [-0.2, 0) is 11.2 Å². The summed E-state index contributed by atoms with van der Waals surface area (Å²) in [5.41, 5.74) is 1.95. The maximum absolute atomic E-state index is 13.2. The molecule has 178 valence electrons. The van der Waals surface area contributed by atoms with Gasteiger partial charge in [-0.05, 0) is 35.9 Å². The van der Waals surface area contributed by atoms with Gasteiger partial charge in [-0.3, -0.25) is 14.9 Å². The van der Waals surface area contributed by atoms with Crippen LogP contribution < -0.4 is 15.4 Å². The highest BCUT2D eigenvalue weighted by molar-refractivity contribution is 7.18. The van der Waals surface area contributed by atoms with Crippen molar-refractivity contribution in [2.75, 3.05) is 12.4 Å². The van der Waals surface area contributed by atoms with E-state index in [1.807, 2.05) is 54.6 Å². The Labute approximate surface area is 216 Å². The summed E-state index contributed by atoms with van der Waals surface area (Å²) in [7, 11) is 1.59. The lowest BCUT2D eigenvalue weighted by atomic mass is 10.0. The Morgan fingerprint density at radius 3 is 2.43 bits per heavy atom. The number of carbonyl (C=O) groups excluding carboxylic acids is 2. The second-order valence-corrected chi connectivity index (χ2v) is 9.36. The molecular formula is C25H20Cl2N4O3S. The van der Waals surface area contributed by atoms with Crippen molar-refractivity contribution < 1.29 is 14.3 Å². The molecule has 0 fully saturated rings. The number of amides is 2. The number of carbonyl (C=O) groups is 2. The molecule has 0 unspecified atom stereocenters. The van der Waals surface area contributed by atoms with Crippen LogP contribution in [0.25, 0.3) is 10.6 Å². The largest absolute Gasteiger partial charge is 0.497 e. The van der Waals surface area contributed by atoms with Gasteiger partial charge in [-0.2, -0.15) is 0 Å². The molecule has 1 aromatic heterocycles. The highest BCUT2D eigenvalue weighted by atomic mass is 35.5. The number of nitrogens with one attached hydrogen (secondary N) is 2. The summed E-state index contributed by atoms with van der Waals surface area (Å²) < 4.78 is 5.25. The molecule has 0 aliphatic rings. The van der Waals surface area contributed by atoms with Crippen LogP contribution in [0.15, 0.2) is 72.8 Å². The summed E-state index contributed by atoms with van der Waals surface area (Å²) in [5.74, 6) is -0.210. The first-order valence-electron chi connectivity index (χ1n) is 10.5. The number of hydrogen-bond acceptors (Lipinski definition) is 6. The Hall–Kier alpha value is -3.46. The van der Waals surface area contributed by atoms with Crippen molar-refractivity contribution >= 4 is 51.5 Å². The van der Waals surface area contributed by atoms with E-state index < -0.39 is 17.9 Å². The minimum atomic E-state index is -0.883. The van der Waals surface area contributed by atoms with E-state index in [-0.39, 0.29) is 12.0 Å². The average molecular weight is 527 g/mol. The Bertz CT molecular complexity index is 1330. The van der Waals surface area contributed by atoms with Gasteiger partial charge in [0.2, 0.25) is 11.0 Å². The van der Waals surface area contributed by atoms with E-state index in [0.29, 0.717) is 25.9 Å². The molecule has 0 aliphatic heterocycles. The van der Waals surface area contributed by atoms with Gasteiger partial charge in [0.05, 0.1) is 7.11 Å².